The maximum Gasteiger partial charge on any atom is 0.416 e. The summed E-state index contributed by atoms with van der Waals surface area (Å²) in [5, 5.41) is 2.76. The van der Waals surface area contributed by atoms with Crippen LogP contribution in [0.15, 0.2) is 54.6 Å². The Balaban J connectivity index is 1.55. The molecule has 1 aliphatic heterocycles. The highest BCUT2D eigenvalue weighted by atomic mass is 19.4. The van der Waals surface area contributed by atoms with Crippen LogP contribution in [0.25, 0.3) is 0 Å². The zero-order valence-electron chi connectivity index (χ0n) is 16.1. The molecule has 0 spiro atoms. The topological polar surface area (TPSA) is 49.4 Å². The first-order valence-electron chi connectivity index (χ1n) is 9.57. The van der Waals surface area contributed by atoms with Crippen molar-refractivity contribution in [2.45, 2.75) is 32.0 Å². The van der Waals surface area contributed by atoms with Crippen molar-refractivity contribution < 1.29 is 22.8 Å². The Morgan fingerprint density at radius 2 is 1.69 bits per heavy atom. The van der Waals surface area contributed by atoms with Gasteiger partial charge >= 0.3 is 12.2 Å². The molecule has 7 heteroatoms. The number of benzene rings is 2. The Labute approximate surface area is 167 Å². The number of carbonyl (C=O) groups is 2. The Kier molecular flexibility index (Phi) is 6.25. The highest BCUT2D eigenvalue weighted by molar-refractivity contribution is 5.98. The van der Waals surface area contributed by atoms with Crippen molar-refractivity contribution in [3.63, 3.8) is 0 Å². The van der Waals surface area contributed by atoms with Gasteiger partial charge in [0.05, 0.1) is 11.6 Å². The van der Waals surface area contributed by atoms with Gasteiger partial charge in [0.25, 0.3) is 0 Å². The summed E-state index contributed by atoms with van der Waals surface area (Å²) >= 11 is 0. The predicted molar refractivity (Wildman–Crippen MR) is 103 cm³/mol. The third-order valence-corrected chi connectivity index (χ3v) is 5.27. The van der Waals surface area contributed by atoms with E-state index in [-0.39, 0.29) is 17.7 Å². The second-order valence-corrected chi connectivity index (χ2v) is 7.29. The molecule has 1 fully saturated rings. The summed E-state index contributed by atoms with van der Waals surface area (Å²) in [4.78, 5) is 26.7. The molecular formula is C22H23F3N2O2. The van der Waals surface area contributed by atoms with Gasteiger partial charge in [0.2, 0.25) is 0 Å². The van der Waals surface area contributed by atoms with E-state index in [1.54, 1.807) is 30.0 Å². The van der Waals surface area contributed by atoms with Gasteiger partial charge in [0, 0.05) is 24.6 Å². The molecule has 2 aromatic rings. The number of nitrogens with one attached hydrogen (secondary N) is 1. The van der Waals surface area contributed by atoms with Crippen LogP contribution in [0.1, 0.15) is 47.3 Å². The molecular weight excluding hydrogens is 381 g/mol. The molecule has 1 aliphatic rings. The van der Waals surface area contributed by atoms with Gasteiger partial charge in [-0.15, -0.1) is 0 Å². The van der Waals surface area contributed by atoms with Gasteiger partial charge in [-0.25, -0.2) is 4.79 Å². The summed E-state index contributed by atoms with van der Waals surface area (Å²) in [5.74, 6) is -0.0367. The van der Waals surface area contributed by atoms with E-state index in [0.717, 1.165) is 12.1 Å². The van der Waals surface area contributed by atoms with E-state index in [4.69, 9.17) is 0 Å². The van der Waals surface area contributed by atoms with Gasteiger partial charge in [-0.05, 0) is 37.5 Å². The number of Topliss-reactive ketones (excluding diaryl/α,β-unsaturated/α-hetero) is 1. The lowest BCUT2D eigenvalue weighted by Gasteiger charge is -2.32. The van der Waals surface area contributed by atoms with Gasteiger partial charge in [-0.1, -0.05) is 42.5 Å². The third-order valence-electron chi connectivity index (χ3n) is 5.27. The zero-order chi connectivity index (χ0) is 21.0. The number of piperidine rings is 1. The molecule has 0 aromatic heterocycles. The summed E-state index contributed by atoms with van der Waals surface area (Å²) < 4.78 is 38.7. The Morgan fingerprint density at radius 1 is 1.03 bits per heavy atom. The summed E-state index contributed by atoms with van der Waals surface area (Å²) in [5.41, 5.74) is 0.326. The number of carbonyl (C=O) groups excluding carboxylic acids is 2. The van der Waals surface area contributed by atoms with Crippen LogP contribution in [0.5, 0.6) is 0 Å². The fraction of sp³-hybridized carbons (Fsp3) is 0.364. The zero-order valence-corrected chi connectivity index (χ0v) is 16.1. The van der Waals surface area contributed by atoms with Crippen LogP contribution in [-0.4, -0.2) is 29.8 Å². The maximum absolute atomic E-state index is 12.9. The number of ketones is 1. The number of hydrogen-bond acceptors (Lipinski definition) is 2. The molecule has 4 nitrogen and oxygen atoms in total. The largest absolute Gasteiger partial charge is 0.416 e. The summed E-state index contributed by atoms with van der Waals surface area (Å²) in [6, 6.07) is 13.1. The fourth-order valence-electron chi connectivity index (χ4n) is 3.53. The molecule has 0 radical (unpaired) electrons. The predicted octanol–water partition coefficient (Wildman–Crippen LogP) is 5.07. The number of nitrogens with zero attached hydrogens (tertiary/aromatic N) is 1. The highest BCUT2D eigenvalue weighted by Crippen LogP contribution is 2.31. The molecule has 1 N–H and O–H groups in total. The van der Waals surface area contributed by atoms with Crippen LogP contribution in [0, 0.1) is 5.92 Å². The minimum atomic E-state index is -4.42. The van der Waals surface area contributed by atoms with Crippen molar-refractivity contribution in [1.29, 1.82) is 0 Å². The molecule has 3 rings (SSSR count). The van der Waals surface area contributed by atoms with Crippen LogP contribution < -0.4 is 5.32 Å². The lowest BCUT2D eigenvalue weighted by atomic mass is 9.89. The molecule has 1 saturated heterocycles. The fourth-order valence-corrected chi connectivity index (χ4v) is 3.53. The lowest BCUT2D eigenvalue weighted by Crippen LogP contribution is -2.46. The molecule has 1 heterocycles. The summed E-state index contributed by atoms with van der Waals surface area (Å²) in [7, 11) is 0. The van der Waals surface area contributed by atoms with Gasteiger partial charge in [0.15, 0.2) is 5.78 Å². The maximum atomic E-state index is 12.9. The number of urea groups is 1. The quantitative estimate of drug-likeness (QED) is 0.724. The van der Waals surface area contributed by atoms with Crippen molar-refractivity contribution >= 4 is 11.8 Å². The van der Waals surface area contributed by atoms with E-state index >= 15 is 0 Å². The van der Waals surface area contributed by atoms with E-state index in [0.29, 0.717) is 37.1 Å². The number of halogens is 3. The van der Waals surface area contributed by atoms with E-state index in [2.05, 4.69) is 5.32 Å². The molecule has 1 atom stereocenters. The molecule has 1 unspecified atom stereocenters. The second kappa shape index (κ2) is 8.68. The molecule has 2 amide bonds. The molecule has 0 bridgehead atoms. The normalized spacial score (nSPS) is 16.3. The smallest absolute Gasteiger partial charge is 0.331 e. The first-order chi connectivity index (χ1) is 13.8. The molecule has 2 aromatic carbocycles. The van der Waals surface area contributed by atoms with E-state index in [9.17, 15) is 22.8 Å². The lowest BCUT2D eigenvalue weighted by molar-refractivity contribution is -0.137. The van der Waals surface area contributed by atoms with E-state index in [1.807, 2.05) is 18.2 Å². The first kappa shape index (κ1) is 20.9. The van der Waals surface area contributed by atoms with Crippen LogP contribution in [0.4, 0.5) is 18.0 Å². The van der Waals surface area contributed by atoms with Crippen LogP contribution in [-0.2, 0) is 6.18 Å². The van der Waals surface area contributed by atoms with Gasteiger partial charge in [-0.3, -0.25) is 4.79 Å². The first-order valence-corrected chi connectivity index (χ1v) is 9.57. The molecule has 0 saturated carbocycles. The van der Waals surface area contributed by atoms with E-state index < -0.39 is 17.8 Å². The Bertz CT molecular complexity index is 860. The van der Waals surface area contributed by atoms with Crippen LogP contribution in [0.2, 0.25) is 0 Å². The monoisotopic (exact) mass is 404 g/mol. The highest BCUT2D eigenvalue weighted by Gasteiger charge is 2.31. The minimum Gasteiger partial charge on any atom is -0.331 e. The second-order valence-electron chi connectivity index (χ2n) is 7.29. The summed E-state index contributed by atoms with van der Waals surface area (Å²) in [6.45, 7) is 2.52. The van der Waals surface area contributed by atoms with Crippen molar-refractivity contribution in [3.05, 3.63) is 71.3 Å². The Hall–Kier alpha value is -2.83. The Morgan fingerprint density at radius 3 is 2.31 bits per heavy atom. The third kappa shape index (κ3) is 5.16. The number of alkyl halides is 3. The van der Waals surface area contributed by atoms with Crippen molar-refractivity contribution in [1.82, 2.24) is 10.2 Å². The number of hydrogen-bond donors (Lipinski definition) is 1. The number of rotatable bonds is 4. The van der Waals surface area contributed by atoms with Crippen molar-refractivity contribution in [2.24, 2.45) is 5.92 Å². The van der Waals surface area contributed by atoms with Crippen LogP contribution >= 0.6 is 0 Å². The van der Waals surface area contributed by atoms with E-state index in [1.165, 1.54) is 6.07 Å². The van der Waals surface area contributed by atoms with Gasteiger partial charge in [0.1, 0.15) is 0 Å². The molecule has 154 valence electrons. The number of amides is 2. The average Bonchev–Trinajstić information content (AvgIpc) is 2.73. The standard InChI is InChI=1S/C22H23F3N2O2/c1-15(18-8-5-9-19(14-18)22(23,24)25)26-21(29)27-12-10-17(11-13-27)20(28)16-6-3-2-4-7-16/h2-9,14-15,17H,10-13H2,1H3,(H,26,29). The minimum absolute atomic E-state index is 0.0861. The average molecular weight is 404 g/mol. The summed E-state index contributed by atoms with van der Waals surface area (Å²) in [6.07, 6.45) is -3.29. The molecule has 0 aliphatic carbocycles. The van der Waals surface area contributed by atoms with Gasteiger partial charge < -0.3 is 10.2 Å². The van der Waals surface area contributed by atoms with Crippen molar-refractivity contribution in [2.75, 3.05) is 13.1 Å². The SMILES string of the molecule is CC(NC(=O)N1CCC(C(=O)c2ccccc2)CC1)c1cccc(C(F)(F)F)c1. The number of likely N-dealkylation sites (tertiary alicyclic amines) is 1. The molecule has 29 heavy (non-hydrogen) atoms. The van der Waals surface area contributed by atoms with Gasteiger partial charge in [-0.2, -0.15) is 13.2 Å². The van der Waals surface area contributed by atoms with Crippen molar-refractivity contribution in [3.8, 4) is 0 Å². The van der Waals surface area contributed by atoms with Crippen LogP contribution in [0.3, 0.4) is 0 Å².